The zero-order valence-electron chi connectivity index (χ0n) is 19.7. The number of aryl methyl sites for hydroxylation is 1. The van der Waals surface area contributed by atoms with E-state index in [0.717, 1.165) is 51.5 Å². The maximum atomic E-state index is 13.2. The van der Waals surface area contributed by atoms with Gasteiger partial charge in [0.05, 0.1) is 15.1 Å². The number of hydrogen-bond acceptors (Lipinski definition) is 6. The molecule has 2 heterocycles. The number of hydrogen-bond donors (Lipinski definition) is 2. The number of benzene rings is 3. The monoisotopic (exact) mass is 545 g/mol. The van der Waals surface area contributed by atoms with Crippen LogP contribution in [0.2, 0.25) is 0 Å². The predicted molar refractivity (Wildman–Crippen MR) is 151 cm³/mol. The van der Waals surface area contributed by atoms with E-state index in [9.17, 15) is 13.2 Å². The molecule has 3 aromatic carbocycles. The molecule has 2 N–H and O–H groups in total. The van der Waals surface area contributed by atoms with Crippen LogP contribution in [0.4, 0.5) is 10.7 Å². The van der Waals surface area contributed by atoms with Crippen molar-refractivity contribution in [2.24, 2.45) is 0 Å². The molecule has 1 aliphatic carbocycles. The van der Waals surface area contributed by atoms with E-state index in [1.165, 1.54) is 22.6 Å². The van der Waals surface area contributed by atoms with E-state index in [0.29, 0.717) is 11.3 Å². The summed E-state index contributed by atoms with van der Waals surface area (Å²) in [6.45, 7) is 0. The van der Waals surface area contributed by atoms with Gasteiger partial charge in [0.1, 0.15) is 10.0 Å². The molecule has 0 unspecified atom stereocenters. The number of rotatable bonds is 6. The van der Waals surface area contributed by atoms with Crippen LogP contribution in [0.15, 0.2) is 83.8 Å². The molecule has 186 valence electrons. The number of aromatic nitrogens is 1. The van der Waals surface area contributed by atoms with Gasteiger partial charge in [-0.15, -0.1) is 22.7 Å². The first-order chi connectivity index (χ1) is 18.0. The molecule has 0 atom stereocenters. The molecule has 2 aromatic heterocycles. The second kappa shape index (κ2) is 9.74. The fraction of sp³-hybridized carbons (Fsp3) is 0.143. The summed E-state index contributed by atoms with van der Waals surface area (Å²) in [5.41, 5.74) is 4.15. The molecule has 0 bridgehead atoms. The Morgan fingerprint density at radius 2 is 1.57 bits per heavy atom. The molecule has 0 aliphatic heterocycles. The lowest BCUT2D eigenvalue weighted by Gasteiger charge is -2.12. The summed E-state index contributed by atoms with van der Waals surface area (Å²) in [4.78, 5) is 19.6. The Kier molecular flexibility index (Phi) is 6.27. The van der Waals surface area contributed by atoms with Crippen LogP contribution in [0.3, 0.4) is 0 Å². The van der Waals surface area contributed by atoms with Crippen LogP contribution in [0.25, 0.3) is 20.8 Å². The quantitative estimate of drug-likeness (QED) is 0.242. The average molecular weight is 546 g/mol. The van der Waals surface area contributed by atoms with Crippen LogP contribution in [-0.2, 0) is 22.9 Å². The molecular formula is C28H23N3O3S3. The van der Waals surface area contributed by atoms with E-state index in [2.05, 4.69) is 16.1 Å². The van der Waals surface area contributed by atoms with E-state index >= 15 is 0 Å². The van der Waals surface area contributed by atoms with Gasteiger partial charge in [-0.25, -0.2) is 13.4 Å². The van der Waals surface area contributed by atoms with Crippen molar-refractivity contribution in [1.29, 1.82) is 0 Å². The summed E-state index contributed by atoms with van der Waals surface area (Å²) in [6.07, 6.45) is 4.29. The highest BCUT2D eigenvalue weighted by atomic mass is 32.2. The van der Waals surface area contributed by atoms with E-state index in [4.69, 9.17) is 4.98 Å². The van der Waals surface area contributed by atoms with Crippen molar-refractivity contribution in [2.45, 2.75) is 30.6 Å². The van der Waals surface area contributed by atoms with Crippen molar-refractivity contribution >= 4 is 59.5 Å². The molecule has 9 heteroatoms. The maximum absolute atomic E-state index is 13.2. The molecule has 1 aliphatic rings. The zero-order valence-corrected chi connectivity index (χ0v) is 22.2. The van der Waals surface area contributed by atoms with Crippen LogP contribution in [0.5, 0.6) is 0 Å². The van der Waals surface area contributed by atoms with Gasteiger partial charge in [-0.2, -0.15) is 0 Å². The molecule has 0 fully saturated rings. The first-order valence-corrected chi connectivity index (χ1v) is 15.1. The zero-order chi connectivity index (χ0) is 25.4. The van der Waals surface area contributed by atoms with Gasteiger partial charge in [0.15, 0.2) is 0 Å². The van der Waals surface area contributed by atoms with Gasteiger partial charge in [0, 0.05) is 21.7 Å². The van der Waals surface area contributed by atoms with Crippen LogP contribution < -0.4 is 10.0 Å². The number of thiazole rings is 1. The summed E-state index contributed by atoms with van der Waals surface area (Å²) in [5.74, 6) is -0.238. The second-order valence-electron chi connectivity index (χ2n) is 8.85. The standard InChI is InChI=1S/C28H23N3O3S3/c32-26(18-14-16-19(17-15-18)31-37(33,34)20-8-2-1-3-9-20)30-28-25(21-10-4-6-12-23(21)35-28)27-29-22-11-5-7-13-24(22)36-27/h1-3,5,7-9,11,13-17,31H,4,6,10,12H2,(H,30,32). The van der Waals surface area contributed by atoms with Crippen molar-refractivity contribution in [1.82, 2.24) is 4.98 Å². The number of nitrogens with zero attached hydrogens (tertiary/aromatic N) is 1. The maximum Gasteiger partial charge on any atom is 0.261 e. The topological polar surface area (TPSA) is 88.2 Å². The highest BCUT2D eigenvalue weighted by Gasteiger charge is 2.25. The number of thiophene rings is 1. The third-order valence-electron chi connectivity index (χ3n) is 6.36. The smallest absolute Gasteiger partial charge is 0.261 e. The summed E-state index contributed by atoms with van der Waals surface area (Å²) in [7, 11) is -3.70. The molecule has 5 aromatic rings. The van der Waals surface area contributed by atoms with Gasteiger partial charge in [0.2, 0.25) is 0 Å². The average Bonchev–Trinajstić information content (AvgIpc) is 3.50. The number of anilines is 2. The fourth-order valence-electron chi connectivity index (χ4n) is 4.54. The molecule has 0 saturated carbocycles. The molecule has 1 amide bonds. The summed E-state index contributed by atoms with van der Waals surface area (Å²) in [6, 6.07) is 22.7. The highest BCUT2D eigenvalue weighted by molar-refractivity contribution is 7.92. The summed E-state index contributed by atoms with van der Waals surface area (Å²) >= 11 is 3.29. The Labute approximate surface area is 223 Å². The third kappa shape index (κ3) is 4.77. The Hall–Kier alpha value is -3.53. The molecule has 0 radical (unpaired) electrons. The van der Waals surface area contributed by atoms with Crippen molar-refractivity contribution in [3.8, 4) is 10.6 Å². The molecule has 0 spiro atoms. The molecule has 37 heavy (non-hydrogen) atoms. The SMILES string of the molecule is O=C(Nc1sc2c(c1-c1nc3ccccc3s1)CCCC2)c1ccc(NS(=O)(=O)c2ccccc2)cc1. The minimum atomic E-state index is -3.70. The number of amides is 1. The third-order valence-corrected chi connectivity index (χ3v) is 10.0. The first-order valence-electron chi connectivity index (χ1n) is 12.0. The van der Waals surface area contributed by atoms with Crippen molar-refractivity contribution in [2.75, 3.05) is 10.0 Å². The van der Waals surface area contributed by atoms with E-state index < -0.39 is 10.0 Å². The van der Waals surface area contributed by atoms with Gasteiger partial charge < -0.3 is 5.32 Å². The number of sulfonamides is 1. The summed E-state index contributed by atoms with van der Waals surface area (Å²) in [5, 5.41) is 4.88. The minimum Gasteiger partial charge on any atom is -0.313 e. The van der Waals surface area contributed by atoms with Crippen LogP contribution in [-0.4, -0.2) is 19.3 Å². The largest absolute Gasteiger partial charge is 0.313 e. The predicted octanol–water partition coefficient (Wildman–Crippen LogP) is 6.96. The van der Waals surface area contributed by atoms with E-state index in [1.807, 2.05) is 18.2 Å². The van der Waals surface area contributed by atoms with Gasteiger partial charge in [0.25, 0.3) is 15.9 Å². The first kappa shape index (κ1) is 23.8. The number of carbonyl (C=O) groups is 1. The summed E-state index contributed by atoms with van der Waals surface area (Å²) < 4.78 is 28.9. The number of fused-ring (bicyclic) bond motifs is 2. The molecular weight excluding hydrogens is 523 g/mol. The van der Waals surface area contributed by atoms with Gasteiger partial charge in [-0.3, -0.25) is 9.52 Å². The van der Waals surface area contributed by atoms with Gasteiger partial charge in [-0.1, -0.05) is 30.3 Å². The normalized spacial score (nSPS) is 13.3. The van der Waals surface area contributed by atoms with Gasteiger partial charge in [-0.05, 0) is 79.8 Å². The highest BCUT2D eigenvalue weighted by Crippen LogP contribution is 2.46. The Balaban J connectivity index is 1.26. The van der Waals surface area contributed by atoms with Crippen molar-refractivity contribution < 1.29 is 13.2 Å². The minimum absolute atomic E-state index is 0.181. The van der Waals surface area contributed by atoms with E-state index in [-0.39, 0.29) is 10.8 Å². The Bertz CT molecular complexity index is 1670. The van der Waals surface area contributed by atoms with Gasteiger partial charge >= 0.3 is 0 Å². The van der Waals surface area contributed by atoms with Crippen LogP contribution in [0, 0.1) is 0 Å². The second-order valence-corrected chi connectivity index (χ2v) is 12.7. The lowest BCUT2D eigenvalue weighted by molar-refractivity contribution is 0.102. The number of para-hydroxylation sites is 1. The van der Waals surface area contributed by atoms with E-state index in [1.54, 1.807) is 65.1 Å². The lowest BCUT2D eigenvalue weighted by atomic mass is 9.95. The van der Waals surface area contributed by atoms with Crippen LogP contribution in [0.1, 0.15) is 33.6 Å². The molecule has 6 nitrogen and oxygen atoms in total. The van der Waals surface area contributed by atoms with Crippen molar-refractivity contribution in [3.05, 3.63) is 94.9 Å². The fourth-order valence-corrected chi connectivity index (χ4v) is 8.01. The number of nitrogens with one attached hydrogen (secondary N) is 2. The molecule has 0 saturated heterocycles. The van der Waals surface area contributed by atoms with Crippen LogP contribution >= 0.6 is 22.7 Å². The Morgan fingerprint density at radius 3 is 2.35 bits per heavy atom. The number of carbonyl (C=O) groups excluding carboxylic acids is 1. The lowest BCUT2D eigenvalue weighted by Crippen LogP contribution is -2.14. The Morgan fingerprint density at radius 1 is 0.838 bits per heavy atom. The molecule has 6 rings (SSSR count). The van der Waals surface area contributed by atoms with Crippen molar-refractivity contribution in [3.63, 3.8) is 0 Å².